The first kappa shape index (κ1) is 25.8. The summed E-state index contributed by atoms with van der Waals surface area (Å²) in [5, 5.41) is 2.95. The zero-order chi connectivity index (χ0) is 25.9. The number of methoxy groups -OCH3 is 1. The van der Waals surface area contributed by atoms with E-state index in [1.54, 1.807) is 19.3 Å². The molecular weight excluding hydrogens is 450 g/mol. The Labute approximate surface area is 205 Å². The molecule has 0 unspecified atom stereocenters. The van der Waals surface area contributed by atoms with Crippen LogP contribution in [0.2, 0.25) is 0 Å². The number of carbonyl (C=O) groups excluding carboxylic acids is 3. The first-order valence-electron chi connectivity index (χ1n) is 11.3. The van der Waals surface area contributed by atoms with Crippen LogP contribution in [0.25, 0.3) is 6.08 Å². The summed E-state index contributed by atoms with van der Waals surface area (Å²) >= 11 is 0. The molecule has 2 aromatic carbocycles. The molecule has 8 heteroatoms. The minimum atomic E-state index is -0.561. The standard InChI is InChI=1S/C27H31NO7/c1-15-16(2)26(32-7)24(20-12-13-27(5,6)35-25(15)20)28-23(31)11-9-19-8-10-21(33-17(3)29)22(14-19)34-18(4)30/h8-11,14H,12-13H2,1-7H3,(H,28,31)/b11-9+. The van der Waals surface area contributed by atoms with Gasteiger partial charge in [-0.3, -0.25) is 14.4 Å². The number of hydrogen-bond acceptors (Lipinski definition) is 7. The third-order valence-corrected chi connectivity index (χ3v) is 5.76. The highest BCUT2D eigenvalue weighted by Gasteiger charge is 2.32. The Morgan fingerprint density at radius 2 is 1.69 bits per heavy atom. The molecule has 2 aromatic rings. The van der Waals surface area contributed by atoms with Crippen LogP contribution < -0.4 is 24.3 Å². The number of ether oxygens (including phenoxy) is 4. The van der Waals surface area contributed by atoms with Crippen LogP contribution in [-0.2, 0) is 20.8 Å². The molecule has 0 fully saturated rings. The highest BCUT2D eigenvalue weighted by atomic mass is 16.6. The van der Waals surface area contributed by atoms with Gasteiger partial charge in [0.2, 0.25) is 5.91 Å². The zero-order valence-electron chi connectivity index (χ0n) is 21.2. The molecule has 1 aliphatic heterocycles. The Morgan fingerprint density at radius 3 is 2.31 bits per heavy atom. The molecule has 0 spiro atoms. The molecule has 0 saturated carbocycles. The fourth-order valence-corrected chi connectivity index (χ4v) is 3.96. The predicted octanol–water partition coefficient (Wildman–Crippen LogP) is 4.92. The monoisotopic (exact) mass is 481 g/mol. The molecule has 0 atom stereocenters. The van der Waals surface area contributed by atoms with Gasteiger partial charge in [0, 0.05) is 25.5 Å². The van der Waals surface area contributed by atoms with Gasteiger partial charge < -0.3 is 24.3 Å². The molecule has 0 bridgehead atoms. The van der Waals surface area contributed by atoms with E-state index >= 15 is 0 Å². The average molecular weight is 482 g/mol. The SMILES string of the molecule is COc1c(C)c(C)c2c(c1NC(=O)/C=C/c1ccc(OC(C)=O)c(OC(C)=O)c1)CCC(C)(C)O2. The summed E-state index contributed by atoms with van der Waals surface area (Å²) in [5.74, 6) is 0.119. The maximum absolute atomic E-state index is 12.9. The molecule has 1 N–H and O–H groups in total. The third-order valence-electron chi connectivity index (χ3n) is 5.76. The van der Waals surface area contributed by atoms with Crippen molar-refractivity contribution < 1.29 is 33.3 Å². The molecule has 0 saturated heterocycles. The quantitative estimate of drug-likeness (QED) is 0.355. The van der Waals surface area contributed by atoms with Crippen LogP contribution in [-0.4, -0.2) is 30.6 Å². The Kier molecular flexibility index (Phi) is 7.53. The first-order chi connectivity index (χ1) is 16.4. The van der Waals surface area contributed by atoms with Crippen molar-refractivity contribution >= 4 is 29.6 Å². The van der Waals surface area contributed by atoms with E-state index in [-0.39, 0.29) is 23.0 Å². The number of hydrogen-bond donors (Lipinski definition) is 1. The lowest BCUT2D eigenvalue weighted by atomic mass is 9.89. The number of nitrogens with one attached hydrogen (secondary N) is 1. The highest BCUT2D eigenvalue weighted by Crippen LogP contribution is 2.46. The van der Waals surface area contributed by atoms with E-state index in [0.717, 1.165) is 35.3 Å². The minimum Gasteiger partial charge on any atom is -0.494 e. The van der Waals surface area contributed by atoms with E-state index in [4.69, 9.17) is 18.9 Å². The van der Waals surface area contributed by atoms with Crippen molar-refractivity contribution in [1.29, 1.82) is 0 Å². The lowest BCUT2D eigenvalue weighted by Crippen LogP contribution is -2.33. The topological polar surface area (TPSA) is 100 Å². The summed E-state index contributed by atoms with van der Waals surface area (Å²) in [6.07, 6.45) is 4.48. The second kappa shape index (κ2) is 10.2. The zero-order valence-corrected chi connectivity index (χ0v) is 21.2. The van der Waals surface area contributed by atoms with Crippen LogP contribution in [0, 0.1) is 13.8 Å². The van der Waals surface area contributed by atoms with E-state index in [9.17, 15) is 14.4 Å². The molecule has 0 aromatic heterocycles. The van der Waals surface area contributed by atoms with E-state index in [0.29, 0.717) is 17.0 Å². The molecule has 1 aliphatic rings. The number of benzene rings is 2. The highest BCUT2D eigenvalue weighted by molar-refractivity contribution is 6.04. The van der Waals surface area contributed by atoms with Crippen molar-refractivity contribution in [3.63, 3.8) is 0 Å². The van der Waals surface area contributed by atoms with Gasteiger partial charge in [0.25, 0.3) is 0 Å². The molecule has 186 valence electrons. The summed E-state index contributed by atoms with van der Waals surface area (Å²) in [6.45, 7) is 10.5. The van der Waals surface area contributed by atoms with Crippen LogP contribution >= 0.6 is 0 Å². The largest absolute Gasteiger partial charge is 0.494 e. The Balaban J connectivity index is 1.90. The normalized spacial score (nSPS) is 14.0. The number of anilines is 1. The Hall–Kier alpha value is -3.81. The summed E-state index contributed by atoms with van der Waals surface area (Å²) < 4.78 is 22.1. The van der Waals surface area contributed by atoms with Crippen LogP contribution in [0.15, 0.2) is 24.3 Å². The molecule has 3 rings (SSSR count). The molecule has 1 amide bonds. The molecule has 0 radical (unpaired) electrons. The van der Waals surface area contributed by atoms with Crippen LogP contribution in [0.3, 0.4) is 0 Å². The second-order valence-corrected chi connectivity index (χ2v) is 9.04. The predicted molar refractivity (Wildman–Crippen MR) is 132 cm³/mol. The minimum absolute atomic E-state index is 0.0833. The van der Waals surface area contributed by atoms with Gasteiger partial charge in [-0.15, -0.1) is 0 Å². The summed E-state index contributed by atoms with van der Waals surface area (Å²) in [4.78, 5) is 35.6. The number of fused-ring (bicyclic) bond motifs is 1. The van der Waals surface area contributed by atoms with Gasteiger partial charge in [0.15, 0.2) is 11.5 Å². The maximum atomic E-state index is 12.9. The van der Waals surface area contributed by atoms with Crippen molar-refractivity contribution in [3.8, 4) is 23.0 Å². The van der Waals surface area contributed by atoms with Gasteiger partial charge in [-0.25, -0.2) is 0 Å². The number of carbonyl (C=O) groups is 3. The van der Waals surface area contributed by atoms with Crippen LogP contribution in [0.5, 0.6) is 23.0 Å². The third kappa shape index (κ3) is 6.01. The van der Waals surface area contributed by atoms with Gasteiger partial charge in [-0.1, -0.05) is 6.07 Å². The van der Waals surface area contributed by atoms with Crippen LogP contribution in [0.4, 0.5) is 5.69 Å². The van der Waals surface area contributed by atoms with Gasteiger partial charge >= 0.3 is 11.9 Å². The van der Waals surface area contributed by atoms with E-state index in [2.05, 4.69) is 5.32 Å². The summed E-state index contributed by atoms with van der Waals surface area (Å²) in [6, 6.07) is 4.65. The van der Waals surface area contributed by atoms with E-state index in [1.165, 1.54) is 32.1 Å². The van der Waals surface area contributed by atoms with Gasteiger partial charge in [0.1, 0.15) is 17.1 Å². The van der Waals surface area contributed by atoms with Crippen molar-refractivity contribution in [1.82, 2.24) is 0 Å². The fourth-order valence-electron chi connectivity index (χ4n) is 3.96. The number of rotatable bonds is 6. The van der Waals surface area contributed by atoms with Gasteiger partial charge in [-0.2, -0.15) is 0 Å². The fraction of sp³-hybridized carbons (Fsp3) is 0.370. The molecular formula is C27H31NO7. The lowest BCUT2D eigenvalue weighted by Gasteiger charge is -2.35. The van der Waals surface area contributed by atoms with Crippen LogP contribution in [0.1, 0.15) is 56.4 Å². The summed E-state index contributed by atoms with van der Waals surface area (Å²) in [7, 11) is 1.58. The maximum Gasteiger partial charge on any atom is 0.308 e. The number of esters is 2. The van der Waals surface area contributed by atoms with Crippen molar-refractivity contribution in [2.45, 2.75) is 60.0 Å². The van der Waals surface area contributed by atoms with E-state index < -0.39 is 11.9 Å². The second-order valence-electron chi connectivity index (χ2n) is 9.04. The average Bonchev–Trinajstić information content (AvgIpc) is 2.76. The first-order valence-corrected chi connectivity index (χ1v) is 11.3. The Bertz CT molecular complexity index is 1210. The van der Waals surface area contributed by atoms with Gasteiger partial charge in [-0.05, 0) is 75.4 Å². The summed E-state index contributed by atoms with van der Waals surface area (Å²) in [5.41, 5.74) is 3.68. The van der Waals surface area contributed by atoms with Crippen molar-refractivity contribution in [2.75, 3.05) is 12.4 Å². The smallest absolute Gasteiger partial charge is 0.308 e. The van der Waals surface area contributed by atoms with Crippen molar-refractivity contribution in [2.24, 2.45) is 0 Å². The molecule has 0 aliphatic carbocycles. The Morgan fingerprint density at radius 1 is 1.03 bits per heavy atom. The molecule has 1 heterocycles. The van der Waals surface area contributed by atoms with Crippen molar-refractivity contribution in [3.05, 3.63) is 46.5 Å². The molecule has 8 nitrogen and oxygen atoms in total. The molecule has 35 heavy (non-hydrogen) atoms. The lowest BCUT2D eigenvalue weighted by molar-refractivity contribution is -0.134. The van der Waals surface area contributed by atoms with Gasteiger partial charge in [0.05, 0.1) is 12.8 Å². The van der Waals surface area contributed by atoms with E-state index in [1.807, 2.05) is 27.7 Å². The number of amides is 1.